The average molecular weight is 776 g/mol. The number of ether oxygens (including phenoxy) is 2. The zero-order valence-corrected chi connectivity index (χ0v) is 30.1. The Hall–Kier alpha value is -6.23. The van der Waals surface area contributed by atoms with Crippen LogP contribution in [-0.4, -0.2) is 56.2 Å². The summed E-state index contributed by atoms with van der Waals surface area (Å²) in [6.07, 6.45) is -5.11. The minimum Gasteiger partial charge on any atom is -0.445 e. The Kier molecular flexibility index (Phi) is 11.8. The van der Waals surface area contributed by atoms with E-state index in [1.807, 2.05) is 32.0 Å². The normalized spacial score (nSPS) is 14.3. The lowest BCUT2D eigenvalue weighted by Crippen LogP contribution is -2.49. The summed E-state index contributed by atoms with van der Waals surface area (Å²) in [5, 5.41) is 9.88. The summed E-state index contributed by atoms with van der Waals surface area (Å²) in [4.78, 5) is 49.0. The van der Waals surface area contributed by atoms with Gasteiger partial charge in [0.1, 0.15) is 30.7 Å². The Morgan fingerprint density at radius 3 is 2.36 bits per heavy atom. The summed E-state index contributed by atoms with van der Waals surface area (Å²) in [6, 6.07) is 24.4. The van der Waals surface area contributed by atoms with Gasteiger partial charge in [0, 0.05) is 12.0 Å². The summed E-state index contributed by atoms with van der Waals surface area (Å²) >= 11 is 1.06. The molecule has 1 aliphatic rings. The number of amidine groups is 1. The number of benzene rings is 4. The number of hydrogen-bond donors (Lipinski definition) is 2. The third-order valence-electron chi connectivity index (χ3n) is 8.10. The highest BCUT2D eigenvalue weighted by molar-refractivity contribution is 8.15. The van der Waals surface area contributed by atoms with Crippen LogP contribution in [0.3, 0.4) is 0 Å². The SMILES string of the molecule is CC(C)c1cc(F)ccc1N1C(=O)CS/C1=N\C(=O)NC(Cc1ccc(-c2ncn(-c3ccc(OC(F)(F)F)cc3)n2)cc1)NC(=O)OCc1ccccc1. The lowest BCUT2D eigenvalue weighted by Gasteiger charge is -2.22. The number of hydrogen-bond acceptors (Lipinski definition) is 8. The van der Waals surface area contributed by atoms with Crippen molar-refractivity contribution in [3.05, 3.63) is 126 Å². The largest absolute Gasteiger partial charge is 0.573 e. The Labute approximate surface area is 316 Å². The summed E-state index contributed by atoms with van der Waals surface area (Å²) in [5.74, 6) is -0.917. The lowest BCUT2D eigenvalue weighted by atomic mass is 10.0. The maximum atomic E-state index is 14.1. The molecule has 55 heavy (non-hydrogen) atoms. The number of nitrogens with zero attached hydrogens (tertiary/aromatic N) is 5. The molecule has 1 aromatic heterocycles. The van der Waals surface area contributed by atoms with Crippen LogP contribution >= 0.6 is 11.8 Å². The number of rotatable bonds is 11. The fraction of sp³-hybridized carbons (Fsp3) is 0.211. The predicted octanol–water partition coefficient (Wildman–Crippen LogP) is 7.74. The van der Waals surface area contributed by atoms with E-state index in [-0.39, 0.29) is 41.5 Å². The van der Waals surface area contributed by atoms with E-state index in [1.165, 1.54) is 58.4 Å². The number of urea groups is 1. The van der Waals surface area contributed by atoms with E-state index in [4.69, 9.17) is 4.74 Å². The molecule has 0 bridgehead atoms. The molecule has 6 rings (SSSR count). The molecule has 0 radical (unpaired) electrons. The molecule has 1 fully saturated rings. The van der Waals surface area contributed by atoms with Gasteiger partial charge in [-0.05, 0) is 65.1 Å². The molecule has 17 heteroatoms. The number of amides is 4. The molecule has 1 saturated heterocycles. The topological polar surface area (TPSA) is 140 Å². The molecule has 0 saturated carbocycles. The van der Waals surface area contributed by atoms with Crippen molar-refractivity contribution in [2.45, 2.75) is 45.3 Å². The van der Waals surface area contributed by atoms with Crippen LogP contribution in [0.2, 0.25) is 0 Å². The smallest absolute Gasteiger partial charge is 0.445 e. The van der Waals surface area contributed by atoms with Crippen molar-refractivity contribution in [3.8, 4) is 22.8 Å². The van der Waals surface area contributed by atoms with Crippen LogP contribution in [0.15, 0.2) is 108 Å². The van der Waals surface area contributed by atoms with Crippen LogP contribution in [0.5, 0.6) is 5.75 Å². The van der Waals surface area contributed by atoms with Crippen LogP contribution in [0.25, 0.3) is 17.1 Å². The first-order valence-corrected chi connectivity index (χ1v) is 17.8. The second kappa shape index (κ2) is 16.8. The predicted molar refractivity (Wildman–Crippen MR) is 197 cm³/mol. The Bertz CT molecular complexity index is 2180. The molecule has 1 atom stereocenters. The Balaban J connectivity index is 1.17. The van der Waals surface area contributed by atoms with E-state index >= 15 is 0 Å². The molecule has 0 spiro atoms. The minimum absolute atomic E-state index is 0.0149. The number of alkyl halides is 3. The second-order valence-corrected chi connectivity index (χ2v) is 13.4. The molecule has 4 aromatic carbocycles. The highest BCUT2D eigenvalue weighted by atomic mass is 32.2. The molecule has 1 unspecified atom stereocenters. The highest BCUT2D eigenvalue weighted by Crippen LogP contribution is 2.34. The average Bonchev–Trinajstić information content (AvgIpc) is 3.78. The molecule has 5 aromatic rings. The van der Waals surface area contributed by atoms with E-state index in [0.717, 1.165) is 17.3 Å². The van der Waals surface area contributed by atoms with Gasteiger partial charge in [0.05, 0.1) is 17.1 Å². The first-order chi connectivity index (χ1) is 26.3. The van der Waals surface area contributed by atoms with Crippen molar-refractivity contribution in [2.75, 3.05) is 10.7 Å². The fourth-order valence-electron chi connectivity index (χ4n) is 5.53. The molecule has 0 aliphatic carbocycles. The monoisotopic (exact) mass is 775 g/mol. The molecular weight excluding hydrogens is 743 g/mol. The van der Waals surface area contributed by atoms with Crippen LogP contribution in [0, 0.1) is 5.82 Å². The molecule has 1 aliphatic heterocycles. The minimum atomic E-state index is -4.81. The number of halogens is 4. The molecule has 284 valence electrons. The number of aliphatic imine (C=N–C) groups is 1. The van der Waals surface area contributed by atoms with Gasteiger partial charge in [-0.2, -0.15) is 4.99 Å². The lowest BCUT2D eigenvalue weighted by molar-refractivity contribution is -0.274. The summed E-state index contributed by atoms with van der Waals surface area (Å²) in [5.41, 5.74) is 3.51. The molecule has 12 nitrogen and oxygen atoms in total. The van der Waals surface area contributed by atoms with Crippen LogP contribution in [-0.2, 0) is 22.6 Å². The summed E-state index contributed by atoms with van der Waals surface area (Å²) in [6.45, 7) is 3.71. The van der Waals surface area contributed by atoms with Crippen LogP contribution in [0.1, 0.15) is 36.5 Å². The number of thioether (sulfide) groups is 1. The number of carbonyl (C=O) groups excluding carboxylic acids is 3. The van der Waals surface area contributed by atoms with Crippen LogP contribution in [0.4, 0.5) is 32.8 Å². The van der Waals surface area contributed by atoms with Gasteiger partial charge in [0.25, 0.3) is 0 Å². The van der Waals surface area contributed by atoms with E-state index in [1.54, 1.807) is 36.4 Å². The second-order valence-electron chi connectivity index (χ2n) is 12.4. The number of carbonyl (C=O) groups is 3. The van der Waals surface area contributed by atoms with Gasteiger partial charge in [0.2, 0.25) is 5.91 Å². The maximum absolute atomic E-state index is 14.1. The standard InChI is InChI=1S/C38H33F4N7O5S/c1-23(2)30-19-27(39)12-17-31(30)49-33(50)21-55-36(49)46-35(51)44-32(45-37(52)53-20-25-6-4-3-5-7-25)18-24-8-10-26(11-9-24)34-43-22-48(47-34)28-13-15-29(16-14-28)54-38(40,41)42/h3-17,19,22-23,32H,18,20-21H2,1-2H3,(H,44,51)(H,45,52)/b46-36-. The van der Waals surface area contributed by atoms with Crippen molar-refractivity contribution in [3.63, 3.8) is 0 Å². The molecule has 2 N–H and O–H groups in total. The zero-order valence-electron chi connectivity index (χ0n) is 29.3. The van der Waals surface area contributed by atoms with Gasteiger partial charge < -0.3 is 20.1 Å². The summed E-state index contributed by atoms with van der Waals surface area (Å²) < 4.78 is 62.4. The quantitative estimate of drug-likeness (QED) is 0.103. The van der Waals surface area contributed by atoms with E-state index < -0.39 is 30.5 Å². The molecule has 2 heterocycles. The molecular formula is C38H33F4N7O5S. The third kappa shape index (κ3) is 10.3. The first-order valence-electron chi connectivity index (χ1n) is 16.8. The van der Waals surface area contributed by atoms with Crippen molar-refractivity contribution in [1.82, 2.24) is 25.4 Å². The van der Waals surface area contributed by atoms with Gasteiger partial charge in [-0.25, -0.2) is 23.6 Å². The number of aromatic nitrogens is 3. The van der Waals surface area contributed by atoms with E-state index in [9.17, 15) is 31.9 Å². The van der Waals surface area contributed by atoms with Gasteiger partial charge in [-0.3, -0.25) is 9.69 Å². The Morgan fingerprint density at radius 1 is 0.945 bits per heavy atom. The van der Waals surface area contributed by atoms with Gasteiger partial charge in [0.15, 0.2) is 11.0 Å². The summed E-state index contributed by atoms with van der Waals surface area (Å²) in [7, 11) is 0. The van der Waals surface area contributed by atoms with Crippen LogP contribution < -0.4 is 20.3 Å². The van der Waals surface area contributed by atoms with Gasteiger partial charge in [-0.1, -0.05) is 80.2 Å². The van der Waals surface area contributed by atoms with Crippen molar-refractivity contribution in [1.29, 1.82) is 0 Å². The van der Waals surface area contributed by atoms with E-state index in [2.05, 4.69) is 30.4 Å². The fourth-order valence-corrected chi connectivity index (χ4v) is 6.39. The van der Waals surface area contributed by atoms with Gasteiger partial charge >= 0.3 is 18.5 Å². The maximum Gasteiger partial charge on any atom is 0.573 e. The van der Waals surface area contributed by atoms with E-state index in [0.29, 0.717) is 33.9 Å². The van der Waals surface area contributed by atoms with Crippen molar-refractivity contribution < 1.29 is 41.4 Å². The number of alkyl carbamates (subject to hydrolysis) is 1. The number of anilines is 1. The number of nitrogens with one attached hydrogen (secondary N) is 2. The third-order valence-corrected chi connectivity index (χ3v) is 9.02. The van der Waals surface area contributed by atoms with Crippen molar-refractivity contribution in [2.24, 2.45) is 4.99 Å². The highest BCUT2D eigenvalue weighted by Gasteiger charge is 2.33. The zero-order chi connectivity index (χ0) is 39.1. The Morgan fingerprint density at radius 2 is 1.67 bits per heavy atom. The van der Waals surface area contributed by atoms with Gasteiger partial charge in [-0.15, -0.1) is 18.3 Å². The first kappa shape index (κ1) is 38.5. The van der Waals surface area contributed by atoms with Crippen molar-refractivity contribution >= 4 is 40.6 Å². The molecule has 4 amide bonds.